The molecule has 0 aromatic heterocycles. The van der Waals surface area contributed by atoms with Crippen LogP contribution in [0.5, 0.6) is 0 Å². The highest BCUT2D eigenvalue weighted by Gasteiger charge is 2.10. The van der Waals surface area contributed by atoms with Gasteiger partial charge in [0.1, 0.15) is 5.84 Å². The van der Waals surface area contributed by atoms with E-state index < -0.39 is 0 Å². The maximum atomic E-state index is 11.8. The first kappa shape index (κ1) is 13.5. The van der Waals surface area contributed by atoms with Crippen LogP contribution in [0.15, 0.2) is 27.8 Å². The monoisotopic (exact) mass is 299 g/mol. The minimum atomic E-state index is -0.189. The molecule has 0 spiro atoms. The van der Waals surface area contributed by atoms with E-state index in [0.29, 0.717) is 18.5 Å². The van der Waals surface area contributed by atoms with E-state index in [1.807, 2.05) is 19.1 Å². The van der Waals surface area contributed by atoms with E-state index in [1.54, 1.807) is 6.07 Å². The van der Waals surface area contributed by atoms with Gasteiger partial charge in [0.15, 0.2) is 0 Å². The predicted octanol–water partition coefficient (Wildman–Crippen LogP) is 1.62. The summed E-state index contributed by atoms with van der Waals surface area (Å²) in [5.41, 5.74) is 6.86. The normalized spacial score (nSPS) is 11.3. The Balaban J connectivity index is 2.62. The Labute approximate surface area is 108 Å². The summed E-state index contributed by atoms with van der Waals surface area (Å²) in [6.45, 7) is 2.24. The first-order chi connectivity index (χ1) is 8.06. The molecule has 1 amide bonds. The molecule has 0 bridgehead atoms. The van der Waals surface area contributed by atoms with E-state index >= 15 is 0 Å². The zero-order valence-electron chi connectivity index (χ0n) is 9.40. The van der Waals surface area contributed by atoms with Gasteiger partial charge >= 0.3 is 0 Å². The number of hydrogen-bond acceptors (Lipinski definition) is 3. The van der Waals surface area contributed by atoms with Crippen molar-refractivity contribution in [1.29, 1.82) is 0 Å². The largest absolute Gasteiger partial charge is 0.409 e. The third-order valence-corrected chi connectivity index (χ3v) is 3.28. The van der Waals surface area contributed by atoms with Crippen molar-refractivity contribution in [2.45, 2.75) is 13.3 Å². The van der Waals surface area contributed by atoms with Crippen molar-refractivity contribution in [2.75, 3.05) is 6.54 Å². The lowest BCUT2D eigenvalue weighted by molar-refractivity contribution is 0.0954. The molecule has 4 N–H and O–H groups in total. The highest BCUT2D eigenvalue weighted by Crippen LogP contribution is 2.20. The number of rotatable bonds is 4. The van der Waals surface area contributed by atoms with Crippen LogP contribution in [0.2, 0.25) is 0 Å². The minimum absolute atomic E-state index is 0.0913. The van der Waals surface area contributed by atoms with Crippen LogP contribution in [-0.4, -0.2) is 23.5 Å². The fourth-order valence-electron chi connectivity index (χ4n) is 1.27. The number of oxime groups is 1. The molecule has 0 heterocycles. The number of amidine groups is 1. The minimum Gasteiger partial charge on any atom is -0.409 e. The summed E-state index contributed by atoms with van der Waals surface area (Å²) in [6.07, 6.45) is 0.311. The SMILES string of the molecule is Cc1cccc(C(=O)NCC/C(N)=N/O)c1Br. The van der Waals surface area contributed by atoms with E-state index in [2.05, 4.69) is 26.4 Å². The van der Waals surface area contributed by atoms with E-state index in [4.69, 9.17) is 10.9 Å². The number of nitrogens with one attached hydrogen (secondary N) is 1. The zero-order chi connectivity index (χ0) is 12.8. The lowest BCUT2D eigenvalue weighted by atomic mass is 10.1. The Kier molecular flexibility index (Phi) is 4.96. The van der Waals surface area contributed by atoms with E-state index in [0.717, 1.165) is 10.0 Å². The Morgan fingerprint density at radius 3 is 2.94 bits per heavy atom. The van der Waals surface area contributed by atoms with Crippen LogP contribution in [0.25, 0.3) is 0 Å². The molecule has 0 fully saturated rings. The van der Waals surface area contributed by atoms with Crippen LogP contribution in [-0.2, 0) is 0 Å². The fourth-order valence-corrected chi connectivity index (χ4v) is 1.72. The smallest absolute Gasteiger partial charge is 0.252 e. The van der Waals surface area contributed by atoms with E-state index in [1.165, 1.54) is 0 Å². The van der Waals surface area contributed by atoms with Crippen LogP contribution < -0.4 is 11.1 Å². The Bertz CT molecular complexity index is 446. The summed E-state index contributed by atoms with van der Waals surface area (Å²) in [5.74, 6) is -0.0973. The average Bonchev–Trinajstić information content (AvgIpc) is 2.32. The van der Waals surface area contributed by atoms with Crippen molar-refractivity contribution in [2.24, 2.45) is 10.9 Å². The van der Waals surface area contributed by atoms with E-state index in [-0.39, 0.29) is 11.7 Å². The number of hydrogen-bond donors (Lipinski definition) is 3. The number of carbonyl (C=O) groups excluding carboxylic acids is 1. The van der Waals surface area contributed by atoms with Gasteiger partial charge in [0.2, 0.25) is 0 Å². The molecule has 6 heteroatoms. The molecular formula is C11H14BrN3O2. The molecule has 1 rings (SSSR count). The van der Waals surface area contributed by atoms with Gasteiger partial charge in [-0.2, -0.15) is 0 Å². The zero-order valence-corrected chi connectivity index (χ0v) is 11.0. The van der Waals surface area contributed by atoms with Gasteiger partial charge in [-0.05, 0) is 34.5 Å². The number of halogens is 1. The standard InChI is InChI=1S/C11H14BrN3O2/c1-7-3-2-4-8(10(7)12)11(16)14-6-5-9(13)15-17/h2-4,17H,5-6H2,1H3,(H2,13,15)(H,14,16). The maximum absolute atomic E-state index is 11.8. The number of nitrogens with zero attached hydrogens (tertiary/aromatic N) is 1. The summed E-state index contributed by atoms with van der Waals surface area (Å²) in [4.78, 5) is 11.8. The van der Waals surface area contributed by atoms with Gasteiger partial charge in [-0.15, -0.1) is 0 Å². The Morgan fingerprint density at radius 2 is 2.29 bits per heavy atom. The van der Waals surface area contributed by atoms with Crippen molar-refractivity contribution < 1.29 is 10.0 Å². The quantitative estimate of drug-likeness (QED) is 0.342. The summed E-state index contributed by atoms with van der Waals surface area (Å²) in [6, 6.07) is 5.46. The van der Waals surface area contributed by atoms with Gasteiger partial charge in [-0.1, -0.05) is 17.3 Å². The van der Waals surface area contributed by atoms with Crippen molar-refractivity contribution in [1.82, 2.24) is 5.32 Å². The van der Waals surface area contributed by atoms with E-state index in [9.17, 15) is 4.79 Å². The second-order valence-corrected chi connectivity index (χ2v) is 4.33. The van der Waals surface area contributed by atoms with Gasteiger partial charge in [0.05, 0.1) is 5.56 Å². The third kappa shape index (κ3) is 3.74. The number of nitrogens with two attached hydrogens (primary N) is 1. The van der Waals surface area contributed by atoms with Crippen LogP contribution in [0.4, 0.5) is 0 Å². The average molecular weight is 300 g/mol. The molecule has 0 atom stereocenters. The second kappa shape index (κ2) is 6.24. The highest BCUT2D eigenvalue weighted by atomic mass is 79.9. The van der Waals surface area contributed by atoms with Crippen molar-refractivity contribution in [3.63, 3.8) is 0 Å². The van der Waals surface area contributed by atoms with Gasteiger partial charge in [0.25, 0.3) is 5.91 Å². The molecule has 0 saturated heterocycles. The predicted molar refractivity (Wildman–Crippen MR) is 69.2 cm³/mol. The number of aryl methyl sites for hydroxylation is 1. The number of benzene rings is 1. The summed E-state index contributed by atoms with van der Waals surface area (Å²) >= 11 is 3.37. The van der Waals surface area contributed by atoms with Gasteiger partial charge in [-0.3, -0.25) is 4.79 Å². The van der Waals surface area contributed by atoms with Crippen LogP contribution in [0, 0.1) is 6.92 Å². The van der Waals surface area contributed by atoms with Gasteiger partial charge in [0, 0.05) is 17.4 Å². The van der Waals surface area contributed by atoms with Crippen molar-refractivity contribution in [3.05, 3.63) is 33.8 Å². The molecule has 1 aromatic carbocycles. The topological polar surface area (TPSA) is 87.7 Å². The first-order valence-corrected chi connectivity index (χ1v) is 5.85. The lowest BCUT2D eigenvalue weighted by Gasteiger charge is -2.07. The molecule has 0 aliphatic heterocycles. The molecule has 0 aliphatic rings. The van der Waals surface area contributed by atoms with Crippen LogP contribution in [0.3, 0.4) is 0 Å². The molecule has 0 aliphatic carbocycles. The number of carbonyl (C=O) groups is 1. The van der Waals surface area contributed by atoms with Gasteiger partial charge in [-0.25, -0.2) is 0 Å². The molecular weight excluding hydrogens is 286 g/mol. The van der Waals surface area contributed by atoms with Crippen molar-refractivity contribution >= 4 is 27.7 Å². The van der Waals surface area contributed by atoms with Crippen molar-refractivity contribution in [3.8, 4) is 0 Å². The number of amides is 1. The highest BCUT2D eigenvalue weighted by molar-refractivity contribution is 9.10. The molecule has 0 unspecified atom stereocenters. The third-order valence-electron chi connectivity index (χ3n) is 2.23. The first-order valence-electron chi connectivity index (χ1n) is 5.06. The maximum Gasteiger partial charge on any atom is 0.252 e. The molecule has 5 nitrogen and oxygen atoms in total. The Morgan fingerprint density at radius 1 is 1.59 bits per heavy atom. The van der Waals surface area contributed by atoms with Crippen LogP contribution in [0.1, 0.15) is 22.3 Å². The summed E-state index contributed by atoms with van der Waals surface area (Å²) in [5, 5.41) is 13.9. The summed E-state index contributed by atoms with van der Waals surface area (Å²) in [7, 11) is 0. The van der Waals surface area contributed by atoms with Gasteiger partial charge < -0.3 is 16.3 Å². The lowest BCUT2D eigenvalue weighted by Crippen LogP contribution is -2.28. The fraction of sp³-hybridized carbons (Fsp3) is 0.273. The second-order valence-electron chi connectivity index (χ2n) is 3.53. The molecule has 0 radical (unpaired) electrons. The molecule has 92 valence electrons. The summed E-state index contributed by atoms with van der Waals surface area (Å²) < 4.78 is 0.779. The molecule has 0 saturated carbocycles. The molecule has 1 aromatic rings. The molecule has 17 heavy (non-hydrogen) atoms. The Hall–Kier alpha value is -1.56. The van der Waals surface area contributed by atoms with Crippen LogP contribution >= 0.6 is 15.9 Å².